The zero-order valence-corrected chi connectivity index (χ0v) is 22.2. The van der Waals surface area contributed by atoms with E-state index in [1.807, 2.05) is 44.2 Å². The van der Waals surface area contributed by atoms with Crippen LogP contribution in [0.15, 0.2) is 60.2 Å². The van der Waals surface area contributed by atoms with Gasteiger partial charge in [-0.25, -0.2) is 0 Å². The Balaban J connectivity index is 1.86. The van der Waals surface area contributed by atoms with E-state index in [1.54, 1.807) is 30.3 Å². The number of carbonyl (C=O) groups excluding carboxylic acids is 1. The summed E-state index contributed by atoms with van der Waals surface area (Å²) in [5.74, 6) is 0.564. The number of hydrogen-bond acceptors (Lipinski definition) is 4. The van der Waals surface area contributed by atoms with E-state index in [9.17, 15) is 10.1 Å². The van der Waals surface area contributed by atoms with Crippen molar-refractivity contribution in [3.8, 4) is 17.6 Å². The van der Waals surface area contributed by atoms with E-state index >= 15 is 0 Å². The number of halogens is 3. The van der Waals surface area contributed by atoms with Crippen LogP contribution in [0.5, 0.6) is 11.5 Å². The van der Waals surface area contributed by atoms with E-state index in [2.05, 4.69) is 27.9 Å². The highest BCUT2D eigenvalue weighted by Crippen LogP contribution is 2.36. The minimum atomic E-state index is -0.487. The first kappa shape index (κ1) is 25.9. The van der Waals surface area contributed by atoms with Gasteiger partial charge in [0.15, 0.2) is 11.5 Å². The van der Waals surface area contributed by atoms with Crippen LogP contribution in [-0.2, 0) is 11.4 Å². The first-order chi connectivity index (χ1) is 16.3. The van der Waals surface area contributed by atoms with Gasteiger partial charge in [0.25, 0.3) is 5.91 Å². The van der Waals surface area contributed by atoms with Crippen LogP contribution in [0, 0.1) is 21.8 Å². The Labute approximate surface area is 222 Å². The maximum Gasteiger partial charge on any atom is 0.266 e. The van der Waals surface area contributed by atoms with Gasteiger partial charge in [-0.05, 0) is 90.0 Å². The van der Waals surface area contributed by atoms with E-state index in [4.69, 9.17) is 32.7 Å². The van der Waals surface area contributed by atoms with Gasteiger partial charge < -0.3 is 14.8 Å². The zero-order valence-electron chi connectivity index (χ0n) is 18.5. The van der Waals surface area contributed by atoms with Crippen molar-refractivity contribution in [2.75, 3.05) is 11.9 Å². The molecule has 0 saturated heterocycles. The summed E-state index contributed by atoms with van der Waals surface area (Å²) in [6.07, 6.45) is 1.52. The molecule has 1 N–H and O–H groups in total. The Morgan fingerprint density at radius 1 is 1.15 bits per heavy atom. The highest BCUT2D eigenvalue weighted by Gasteiger charge is 2.15. The van der Waals surface area contributed by atoms with Crippen LogP contribution in [-0.4, -0.2) is 12.5 Å². The first-order valence-electron chi connectivity index (χ1n) is 10.3. The number of nitriles is 1. The average molecular weight is 607 g/mol. The van der Waals surface area contributed by atoms with E-state index in [0.717, 1.165) is 14.7 Å². The number of hydrogen-bond donors (Lipinski definition) is 1. The molecule has 0 atom stereocenters. The predicted octanol–water partition coefficient (Wildman–Crippen LogP) is 7.43. The van der Waals surface area contributed by atoms with Gasteiger partial charge in [0.1, 0.15) is 18.2 Å². The van der Waals surface area contributed by atoms with Gasteiger partial charge in [-0.1, -0.05) is 41.4 Å². The second-order valence-corrected chi connectivity index (χ2v) is 9.29. The number of aryl methyl sites for hydroxylation is 1. The normalized spacial score (nSPS) is 11.0. The van der Waals surface area contributed by atoms with Crippen molar-refractivity contribution in [1.82, 2.24) is 0 Å². The fraction of sp³-hybridized carbons (Fsp3) is 0.154. The molecule has 0 bridgehead atoms. The summed E-state index contributed by atoms with van der Waals surface area (Å²) in [4.78, 5) is 12.7. The molecule has 5 nitrogen and oxygen atoms in total. The summed E-state index contributed by atoms with van der Waals surface area (Å²) in [7, 11) is 0. The number of amides is 1. The van der Waals surface area contributed by atoms with E-state index < -0.39 is 5.91 Å². The number of rotatable bonds is 8. The molecule has 0 fully saturated rings. The Morgan fingerprint density at radius 2 is 1.94 bits per heavy atom. The van der Waals surface area contributed by atoms with Crippen molar-refractivity contribution in [3.63, 3.8) is 0 Å². The van der Waals surface area contributed by atoms with Crippen LogP contribution < -0.4 is 14.8 Å². The lowest BCUT2D eigenvalue weighted by atomic mass is 10.1. The summed E-state index contributed by atoms with van der Waals surface area (Å²) in [6, 6.07) is 18.1. The molecule has 34 heavy (non-hydrogen) atoms. The standard InChI is InChI=1S/C26H21Cl2IN2O3/c1-3-33-24-12-17(10-19(14-30)26(32)31-21-6-4-5-16(2)9-21)11-23(29)25(24)34-15-18-7-8-20(27)13-22(18)28/h4-13H,3,15H2,1-2H3,(H,31,32)/b19-10-. The van der Waals surface area contributed by atoms with Crippen molar-refractivity contribution in [1.29, 1.82) is 5.26 Å². The second kappa shape index (κ2) is 12.1. The number of benzene rings is 3. The van der Waals surface area contributed by atoms with Crippen molar-refractivity contribution >= 4 is 63.5 Å². The highest BCUT2D eigenvalue weighted by atomic mass is 127. The number of carbonyl (C=O) groups is 1. The van der Waals surface area contributed by atoms with Gasteiger partial charge in [0, 0.05) is 21.3 Å². The lowest BCUT2D eigenvalue weighted by molar-refractivity contribution is -0.112. The Morgan fingerprint density at radius 3 is 2.62 bits per heavy atom. The van der Waals surface area contributed by atoms with Crippen molar-refractivity contribution in [3.05, 3.63) is 90.5 Å². The van der Waals surface area contributed by atoms with Gasteiger partial charge in [-0.3, -0.25) is 4.79 Å². The smallest absolute Gasteiger partial charge is 0.266 e. The molecular formula is C26H21Cl2IN2O3. The predicted molar refractivity (Wildman–Crippen MR) is 145 cm³/mol. The minimum absolute atomic E-state index is 0.0265. The van der Waals surface area contributed by atoms with Gasteiger partial charge in [-0.15, -0.1) is 0 Å². The second-order valence-electron chi connectivity index (χ2n) is 7.28. The average Bonchev–Trinajstić information content (AvgIpc) is 2.78. The van der Waals surface area contributed by atoms with Crippen molar-refractivity contribution < 1.29 is 14.3 Å². The van der Waals surface area contributed by atoms with Crippen LogP contribution >= 0.6 is 45.8 Å². The molecule has 0 unspecified atom stereocenters. The molecule has 0 aromatic heterocycles. The number of nitrogens with zero attached hydrogens (tertiary/aromatic N) is 1. The van der Waals surface area contributed by atoms with Crippen LogP contribution in [0.25, 0.3) is 6.08 Å². The molecule has 1 amide bonds. The van der Waals surface area contributed by atoms with Crippen molar-refractivity contribution in [2.24, 2.45) is 0 Å². The fourth-order valence-corrected chi connectivity index (χ4v) is 4.34. The number of nitrogens with one attached hydrogen (secondary N) is 1. The quantitative estimate of drug-likeness (QED) is 0.164. The molecule has 3 aromatic carbocycles. The third-order valence-electron chi connectivity index (χ3n) is 4.67. The summed E-state index contributed by atoms with van der Waals surface area (Å²) >= 11 is 14.4. The molecule has 0 saturated carbocycles. The Bertz CT molecular complexity index is 1290. The lowest BCUT2D eigenvalue weighted by Gasteiger charge is -2.15. The molecular weight excluding hydrogens is 586 g/mol. The molecule has 0 radical (unpaired) electrons. The van der Waals surface area contributed by atoms with Crippen molar-refractivity contribution in [2.45, 2.75) is 20.5 Å². The monoisotopic (exact) mass is 606 g/mol. The van der Waals surface area contributed by atoms with Crippen LogP contribution in [0.4, 0.5) is 5.69 Å². The van der Waals surface area contributed by atoms with E-state index in [-0.39, 0.29) is 12.2 Å². The van der Waals surface area contributed by atoms with Crippen LogP contribution in [0.3, 0.4) is 0 Å². The third-order valence-corrected chi connectivity index (χ3v) is 6.06. The van der Waals surface area contributed by atoms with Crippen LogP contribution in [0.1, 0.15) is 23.6 Å². The summed E-state index contributed by atoms with van der Waals surface area (Å²) in [5, 5.41) is 13.4. The first-order valence-corrected chi connectivity index (χ1v) is 12.2. The van der Waals surface area contributed by atoms with E-state index in [1.165, 1.54) is 6.08 Å². The highest BCUT2D eigenvalue weighted by molar-refractivity contribution is 14.1. The molecule has 3 aromatic rings. The molecule has 8 heteroatoms. The molecule has 174 valence electrons. The molecule has 0 aliphatic heterocycles. The SMILES string of the molecule is CCOc1cc(/C=C(/C#N)C(=O)Nc2cccc(C)c2)cc(I)c1OCc1ccc(Cl)cc1Cl. The molecule has 0 aliphatic rings. The number of anilines is 1. The lowest BCUT2D eigenvalue weighted by Crippen LogP contribution is -2.13. The van der Waals surface area contributed by atoms with Crippen LogP contribution in [0.2, 0.25) is 10.0 Å². The maximum absolute atomic E-state index is 12.7. The fourth-order valence-electron chi connectivity index (χ4n) is 3.10. The zero-order chi connectivity index (χ0) is 24.7. The molecule has 0 heterocycles. The summed E-state index contributed by atoms with van der Waals surface area (Å²) in [6.45, 7) is 4.44. The minimum Gasteiger partial charge on any atom is -0.490 e. The third kappa shape index (κ3) is 6.89. The topological polar surface area (TPSA) is 71.3 Å². The maximum atomic E-state index is 12.7. The Kier molecular flexibility index (Phi) is 9.22. The molecule has 0 aliphatic carbocycles. The van der Waals surface area contributed by atoms with Gasteiger partial charge in [0.2, 0.25) is 0 Å². The molecule has 3 rings (SSSR count). The summed E-state index contributed by atoms with van der Waals surface area (Å²) < 4.78 is 12.6. The number of ether oxygens (including phenoxy) is 2. The van der Waals surface area contributed by atoms with Gasteiger partial charge in [0.05, 0.1) is 10.2 Å². The van der Waals surface area contributed by atoms with Gasteiger partial charge >= 0.3 is 0 Å². The molecule has 0 spiro atoms. The van der Waals surface area contributed by atoms with Gasteiger partial charge in [-0.2, -0.15) is 5.26 Å². The largest absolute Gasteiger partial charge is 0.490 e. The summed E-state index contributed by atoms with van der Waals surface area (Å²) in [5.41, 5.74) is 3.03. The Hall–Kier alpha value is -2.73. The van der Waals surface area contributed by atoms with E-state index in [0.29, 0.717) is 39.4 Å².